The maximum Gasteiger partial charge on any atom is 0.127 e. The van der Waals surface area contributed by atoms with E-state index in [1.54, 1.807) is 13.3 Å². The van der Waals surface area contributed by atoms with Gasteiger partial charge in [0.25, 0.3) is 0 Å². The third kappa shape index (κ3) is 3.30. The molecule has 0 aliphatic carbocycles. The molecule has 0 amide bonds. The van der Waals surface area contributed by atoms with Crippen molar-refractivity contribution in [3.05, 3.63) is 18.2 Å². The van der Waals surface area contributed by atoms with Crippen LogP contribution in [0.5, 0.6) is 0 Å². The Morgan fingerprint density at radius 1 is 1.67 bits per heavy atom. The molecule has 1 atom stereocenters. The van der Waals surface area contributed by atoms with E-state index in [-0.39, 0.29) is 6.04 Å². The number of nitrogens with one attached hydrogen (secondary N) is 1. The summed E-state index contributed by atoms with van der Waals surface area (Å²) in [6.07, 6.45) is 5.68. The number of ether oxygens (including phenoxy) is 1. The Balaban J connectivity index is 2.57. The lowest BCUT2D eigenvalue weighted by Gasteiger charge is -2.16. The van der Waals surface area contributed by atoms with Crippen LogP contribution in [0.25, 0.3) is 0 Å². The Morgan fingerprint density at radius 3 is 3.07 bits per heavy atom. The molecular weight excluding hydrogens is 192 g/mol. The number of nitrogens with two attached hydrogens (primary N) is 1. The first kappa shape index (κ1) is 12.2. The van der Waals surface area contributed by atoms with E-state index >= 15 is 0 Å². The molecule has 0 aromatic carbocycles. The van der Waals surface area contributed by atoms with Gasteiger partial charge in [-0.1, -0.05) is 0 Å². The predicted molar refractivity (Wildman–Crippen MR) is 59.1 cm³/mol. The van der Waals surface area contributed by atoms with E-state index in [1.165, 1.54) is 0 Å². The highest BCUT2D eigenvalue weighted by Crippen LogP contribution is 2.15. The van der Waals surface area contributed by atoms with Crippen LogP contribution in [0.2, 0.25) is 0 Å². The van der Waals surface area contributed by atoms with E-state index in [1.807, 2.05) is 6.20 Å². The molecule has 0 aliphatic rings. The molecule has 5 nitrogen and oxygen atoms in total. The molecule has 5 heteroatoms. The van der Waals surface area contributed by atoms with Gasteiger partial charge in [-0.25, -0.2) is 10.4 Å². The molecule has 0 saturated heterocycles. The predicted octanol–water partition coefficient (Wildman–Crippen LogP) is 0.834. The molecule has 0 bridgehead atoms. The van der Waals surface area contributed by atoms with E-state index in [2.05, 4.69) is 21.9 Å². The van der Waals surface area contributed by atoms with E-state index in [0.717, 1.165) is 31.8 Å². The van der Waals surface area contributed by atoms with Gasteiger partial charge in [-0.15, -0.1) is 0 Å². The fourth-order valence-electron chi connectivity index (χ4n) is 1.62. The minimum absolute atomic E-state index is 0.107. The second kappa shape index (κ2) is 6.55. The van der Waals surface area contributed by atoms with E-state index in [9.17, 15) is 0 Å². The molecule has 1 aromatic heterocycles. The summed E-state index contributed by atoms with van der Waals surface area (Å²) in [5, 5.41) is 0. The molecule has 3 N–H and O–H groups in total. The fourth-order valence-corrected chi connectivity index (χ4v) is 1.62. The quantitative estimate of drug-likeness (QED) is 0.399. The molecule has 0 aliphatic heterocycles. The molecule has 1 rings (SSSR count). The van der Waals surface area contributed by atoms with Crippen molar-refractivity contribution in [2.75, 3.05) is 13.7 Å². The normalized spacial score (nSPS) is 13.0. The molecule has 0 fully saturated rings. The molecule has 86 valence electrons. The van der Waals surface area contributed by atoms with Gasteiger partial charge in [-0.2, -0.15) is 0 Å². The largest absolute Gasteiger partial charge is 0.385 e. The Hall–Kier alpha value is -0.910. The molecule has 0 spiro atoms. The number of aromatic nitrogens is 2. The van der Waals surface area contributed by atoms with Crippen LogP contribution in [0.15, 0.2) is 12.4 Å². The Morgan fingerprint density at radius 2 is 2.47 bits per heavy atom. The van der Waals surface area contributed by atoms with Gasteiger partial charge in [-0.3, -0.25) is 5.84 Å². The van der Waals surface area contributed by atoms with Crippen molar-refractivity contribution in [2.24, 2.45) is 5.84 Å². The van der Waals surface area contributed by atoms with Crippen molar-refractivity contribution in [3.8, 4) is 0 Å². The summed E-state index contributed by atoms with van der Waals surface area (Å²) in [5.74, 6) is 6.52. The number of hydrogen-bond acceptors (Lipinski definition) is 4. The molecular formula is C10H20N4O. The summed E-state index contributed by atoms with van der Waals surface area (Å²) < 4.78 is 7.11. The summed E-state index contributed by atoms with van der Waals surface area (Å²) in [6, 6.07) is 0.107. The highest BCUT2D eigenvalue weighted by Gasteiger charge is 2.14. The standard InChI is InChI=1S/C10H20N4O/c1-3-14-7-6-12-10(14)9(13-11)5-4-8-15-2/h6-7,9,13H,3-5,8,11H2,1-2H3. The number of hydrogen-bond donors (Lipinski definition) is 2. The highest BCUT2D eigenvalue weighted by atomic mass is 16.5. The molecule has 1 heterocycles. The number of imidazole rings is 1. The van der Waals surface area contributed by atoms with Crippen LogP contribution in [-0.2, 0) is 11.3 Å². The van der Waals surface area contributed by atoms with Crippen LogP contribution in [0.3, 0.4) is 0 Å². The number of hydrazine groups is 1. The lowest BCUT2D eigenvalue weighted by atomic mass is 10.1. The zero-order valence-corrected chi connectivity index (χ0v) is 9.44. The molecule has 1 unspecified atom stereocenters. The Labute approximate surface area is 90.6 Å². The second-order valence-electron chi connectivity index (χ2n) is 3.43. The second-order valence-corrected chi connectivity index (χ2v) is 3.43. The first-order valence-corrected chi connectivity index (χ1v) is 5.29. The zero-order chi connectivity index (χ0) is 11.1. The van der Waals surface area contributed by atoms with Crippen LogP contribution in [0.1, 0.15) is 31.6 Å². The summed E-state index contributed by atoms with van der Waals surface area (Å²) in [5.41, 5.74) is 2.80. The maximum atomic E-state index is 5.53. The van der Waals surface area contributed by atoms with Gasteiger partial charge in [-0.05, 0) is 19.8 Å². The monoisotopic (exact) mass is 212 g/mol. The SMILES string of the molecule is CCn1ccnc1C(CCCOC)NN. The third-order valence-electron chi connectivity index (χ3n) is 2.44. The number of rotatable bonds is 7. The fraction of sp³-hybridized carbons (Fsp3) is 0.700. The molecule has 0 saturated carbocycles. The lowest BCUT2D eigenvalue weighted by molar-refractivity contribution is 0.188. The van der Waals surface area contributed by atoms with Gasteiger partial charge >= 0.3 is 0 Å². The van der Waals surface area contributed by atoms with Crippen molar-refractivity contribution in [1.82, 2.24) is 15.0 Å². The smallest absolute Gasteiger partial charge is 0.127 e. The van der Waals surface area contributed by atoms with Gasteiger partial charge in [0.05, 0.1) is 6.04 Å². The van der Waals surface area contributed by atoms with Crippen molar-refractivity contribution in [2.45, 2.75) is 32.4 Å². The molecule has 15 heavy (non-hydrogen) atoms. The van der Waals surface area contributed by atoms with Gasteiger partial charge < -0.3 is 9.30 Å². The van der Waals surface area contributed by atoms with Crippen molar-refractivity contribution in [1.29, 1.82) is 0 Å². The van der Waals surface area contributed by atoms with Gasteiger partial charge in [0.2, 0.25) is 0 Å². The van der Waals surface area contributed by atoms with Crippen LogP contribution in [-0.4, -0.2) is 23.3 Å². The summed E-state index contributed by atoms with van der Waals surface area (Å²) in [4.78, 5) is 4.32. The lowest BCUT2D eigenvalue weighted by Crippen LogP contribution is -2.30. The average Bonchev–Trinajstić information content (AvgIpc) is 2.72. The topological polar surface area (TPSA) is 65.1 Å². The molecule has 1 aromatic rings. The van der Waals surface area contributed by atoms with Crippen LogP contribution in [0, 0.1) is 0 Å². The van der Waals surface area contributed by atoms with Crippen LogP contribution >= 0.6 is 0 Å². The number of methoxy groups -OCH3 is 1. The van der Waals surface area contributed by atoms with E-state index in [4.69, 9.17) is 10.6 Å². The van der Waals surface area contributed by atoms with Crippen LogP contribution < -0.4 is 11.3 Å². The van der Waals surface area contributed by atoms with Gasteiger partial charge in [0.1, 0.15) is 5.82 Å². The van der Waals surface area contributed by atoms with Crippen LogP contribution in [0.4, 0.5) is 0 Å². The molecule has 0 radical (unpaired) electrons. The maximum absolute atomic E-state index is 5.53. The Kier molecular flexibility index (Phi) is 5.31. The Bertz CT molecular complexity index is 274. The summed E-state index contributed by atoms with van der Waals surface area (Å²) >= 11 is 0. The minimum Gasteiger partial charge on any atom is -0.385 e. The van der Waals surface area contributed by atoms with E-state index in [0.29, 0.717) is 0 Å². The first-order chi connectivity index (χ1) is 7.33. The van der Waals surface area contributed by atoms with E-state index < -0.39 is 0 Å². The number of nitrogens with zero attached hydrogens (tertiary/aromatic N) is 2. The number of aryl methyl sites for hydroxylation is 1. The van der Waals surface area contributed by atoms with Crippen molar-refractivity contribution in [3.63, 3.8) is 0 Å². The summed E-state index contributed by atoms with van der Waals surface area (Å²) in [6.45, 7) is 3.76. The highest BCUT2D eigenvalue weighted by molar-refractivity contribution is 4.98. The van der Waals surface area contributed by atoms with Gasteiger partial charge in [0.15, 0.2) is 0 Å². The zero-order valence-electron chi connectivity index (χ0n) is 9.44. The van der Waals surface area contributed by atoms with Crippen molar-refractivity contribution >= 4 is 0 Å². The minimum atomic E-state index is 0.107. The first-order valence-electron chi connectivity index (χ1n) is 5.29. The van der Waals surface area contributed by atoms with Crippen molar-refractivity contribution < 1.29 is 4.74 Å². The third-order valence-corrected chi connectivity index (χ3v) is 2.44. The van der Waals surface area contributed by atoms with Gasteiger partial charge in [0, 0.05) is 32.7 Å². The average molecular weight is 212 g/mol. The summed E-state index contributed by atoms with van der Waals surface area (Å²) in [7, 11) is 1.71.